The van der Waals surface area contributed by atoms with Gasteiger partial charge in [-0.3, -0.25) is 0 Å². The molecule has 1 rings (SSSR count). The molecule has 1 aliphatic rings. The van der Waals surface area contributed by atoms with Crippen LogP contribution in [0.25, 0.3) is 0 Å². The van der Waals surface area contributed by atoms with Crippen molar-refractivity contribution in [3.8, 4) is 0 Å². The van der Waals surface area contributed by atoms with E-state index in [0.717, 1.165) is 19.6 Å². The second kappa shape index (κ2) is 7.57. The molecule has 1 heterocycles. The largest absolute Gasteiger partial charge is 0.384 e. The van der Waals surface area contributed by atoms with E-state index in [9.17, 15) is 8.42 Å². The molecule has 0 amide bonds. The van der Waals surface area contributed by atoms with Gasteiger partial charge in [0.1, 0.15) is 0 Å². The first-order valence-corrected chi connectivity index (χ1v) is 8.69. The van der Waals surface area contributed by atoms with Gasteiger partial charge in [0, 0.05) is 32.8 Å². The smallest absolute Gasteiger partial charge is 0.214 e. The van der Waals surface area contributed by atoms with Gasteiger partial charge in [-0.25, -0.2) is 13.1 Å². The van der Waals surface area contributed by atoms with Crippen LogP contribution in [0.4, 0.5) is 0 Å². The highest BCUT2D eigenvalue weighted by atomic mass is 32.2. The summed E-state index contributed by atoms with van der Waals surface area (Å²) in [5, 5.41) is 0. The number of hydrogen-bond donors (Lipinski definition) is 1. The Balaban J connectivity index is 2.40. The molecule has 0 bridgehead atoms. The first-order valence-electron chi connectivity index (χ1n) is 7.03. The zero-order valence-corrected chi connectivity index (χ0v) is 13.4. The van der Waals surface area contributed by atoms with Gasteiger partial charge in [0.2, 0.25) is 10.0 Å². The molecular formula is C13H28N2O3S. The van der Waals surface area contributed by atoms with Gasteiger partial charge >= 0.3 is 0 Å². The molecule has 19 heavy (non-hydrogen) atoms. The summed E-state index contributed by atoms with van der Waals surface area (Å²) in [7, 11) is -1.71. The molecule has 0 saturated carbocycles. The predicted octanol–water partition coefficient (Wildman–Crippen LogP) is 0.919. The van der Waals surface area contributed by atoms with Crippen molar-refractivity contribution in [1.82, 2.24) is 9.62 Å². The van der Waals surface area contributed by atoms with Crippen LogP contribution in [0.3, 0.4) is 0 Å². The van der Waals surface area contributed by atoms with E-state index in [1.807, 2.05) is 6.92 Å². The number of piperidine rings is 1. The van der Waals surface area contributed by atoms with Gasteiger partial charge in [-0.1, -0.05) is 13.8 Å². The van der Waals surface area contributed by atoms with E-state index in [0.29, 0.717) is 11.8 Å². The van der Waals surface area contributed by atoms with Crippen molar-refractivity contribution in [1.29, 1.82) is 0 Å². The zero-order valence-electron chi connectivity index (χ0n) is 12.6. The highest BCUT2D eigenvalue weighted by molar-refractivity contribution is 7.89. The number of methoxy groups -OCH3 is 1. The first kappa shape index (κ1) is 16.9. The quantitative estimate of drug-likeness (QED) is 0.758. The summed E-state index contributed by atoms with van der Waals surface area (Å²) in [6.45, 7) is 9.59. The third kappa shape index (κ3) is 6.70. The maximum atomic E-state index is 11.8. The lowest BCUT2D eigenvalue weighted by molar-refractivity contribution is 0.134. The van der Waals surface area contributed by atoms with E-state index < -0.39 is 10.0 Å². The molecule has 0 aromatic carbocycles. The Morgan fingerprint density at radius 3 is 2.42 bits per heavy atom. The lowest BCUT2D eigenvalue weighted by atomic mass is 9.92. The Morgan fingerprint density at radius 1 is 1.32 bits per heavy atom. The molecule has 114 valence electrons. The van der Waals surface area contributed by atoms with Crippen molar-refractivity contribution >= 4 is 10.0 Å². The van der Waals surface area contributed by atoms with Crippen molar-refractivity contribution in [3.05, 3.63) is 0 Å². The molecule has 1 saturated heterocycles. The third-order valence-corrected chi connectivity index (χ3v) is 4.88. The van der Waals surface area contributed by atoms with Crippen molar-refractivity contribution in [2.24, 2.45) is 11.8 Å². The van der Waals surface area contributed by atoms with E-state index >= 15 is 0 Å². The fourth-order valence-electron chi connectivity index (χ4n) is 2.92. The minimum atomic E-state index is -3.22. The maximum absolute atomic E-state index is 11.8. The van der Waals surface area contributed by atoms with E-state index in [1.54, 1.807) is 0 Å². The Bertz CT molecular complexity index is 349. The van der Waals surface area contributed by atoms with Crippen LogP contribution in [0.5, 0.6) is 0 Å². The lowest BCUT2D eigenvalue weighted by Crippen LogP contribution is -2.47. The summed E-state index contributed by atoms with van der Waals surface area (Å²) in [6.07, 6.45) is 1.27. The van der Waals surface area contributed by atoms with Crippen LogP contribution >= 0.6 is 0 Å². The second-order valence-corrected chi connectivity index (χ2v) is 7.87. The van der Waals surface area contributed by atoms with Gasteiger partial charge in [0.15, 0.2) is 0 Å². The summed E-state index contributed by atoms with van der Waals surface area (Å²) in [5.74, 6) is 1.42. The molecule has 0 radical (unpaired) electrons. The normalized spacial score (nSPS) is 27.4. The minimum Gasteiger partial charge on any atom is -0.384 e. The summed E-state index contributed by atoms with van der Waals surface area (Å²) >= 11 is 0. The Hall–Kier alpha value is -0.170. The average Bonchev–Trinajstić information content (AvgIpc) is 2.23. The average molecular weight is 292 g/mol. The number of ether oxygens (including phenoxy) is 1. The molecule has 1 aliphatic heterocycles. The Labute approximate surface area is 117 Å². The Kier molecular flexibility index (Phi) is 6.73. The molecule has 0 aromatic rings. The number of sulfonamides is 1. The monoisotopic (exact) mass is 292 g/mol. The highest BCUT2D eigenvalue weighted by Gasteiger charge is 2.24. The highest BCUT2D eigenvalue weighted by Crippen LogP contribution is 2.20. The molecule has 3 atom stereocenters. The summed E-state index contributed by atoms with van der Waals surface area (Å²) in [5.41, 5.74) is 0. The van der Waals surface area contributed by atoms with Crippen molar-refractivity contribution in [2.75, 3.05) is 39.1 Å². The van der Waals surface area contributed by atoms with Gasteiger partial charge in [-0.15, -0.1) is 0 Å². The number of likely N-dealkylation sites (tertiary alicyclic amines) is 1. The maximum Gasteiger partial charge on any atom is 0.214 e. The number of nitrogens with zero attached hydrogens (tertiary/aromatic N) is 1. The fourth-order valence-corrected chi connectivity index (χ4v) is 4.12. The number of rotatable bonds is 7. The van der Waals surface area contributed by atoms with Crippen LogP contribution < -0.4 is 4.72 Å². The molecule has 1 fully saturated rings. The van der Waals surface area contributed by atoms with Gasteiger partial charge in [-0.05, 0) is 25.2 Å². The second-order valence-electron chi connectivity index (χ2n) is 6.00. The standard InChI is InChI=1S/C13H28N2O3S/c1-11-7-12(2)9-15(8-11)10-13(3)14-19(16,17)6-5-18-4/h11-14H,5-10H2,1-4H3/t11-,12-,13+/m0/s1. The molecule has 1 N–H and O–H groups in total. The molecule has 0 aromatic heterocycles. The van der Waals surface area contributed by atoms with E-state index in [1.165, 1.54) is 13.5 Å². The van der Waals surface area contributed by atoms with Gasteiger partial charge in [0.05, 0.1) is 12.4 Å². The third-order valence-electron chi connectivity index (χ3n) is 3.41. The van der Waals surface area contributed by atoms with Crippen LogP contribution in [-0.4, -0.2) is 58.5 Å². The molecule has 0 spiro atoms. The molecular weight excluding hydrogens is 264 g/mol. The van der Waals surface area contributed by atoms with Gasteiger partial charge in [-0.2, -0.15) is 0 Å². The van der Waals surface area contributed by atoms with Crippen molar-refractivity contribution < 1.29 is 13.2 Å². The molecule has 6 heteroatoms. The van der Waals surface area contributed by atoms with Crippen LogP contribution in [0.2, 0.25) is 0 Å². The van der Waals surface area contributed by atoms with Crippen molar-refractivity contribution in [2.45, 2.75) is 33.2 Å². The van der Waals surface area contributed by atoms with Crippen LogP contribution in [0, 0.1) is 11.8 Å². The molecule has 0 unspecified atom stereocenters. The predicted molar refractivity (Wildman–Crippen MR) is 77.6 cm³/mol. The Morgan fingerprint density at radius 2 is 1.89 bits per heavy atom. The number of hydrogen-bond acceptors (Lipinski definition) is 4. The van der Waals surface area contributed by atoms with Crippen LogP contribution in [0.15, 0.2) is 0 Å². The van der Waals surface area contributed by atoms with Gasteiger partial charge < -0.3 is 9.64 Å². The summed E-state index contributed by atoms with van der Waals surface area (Å²) in [4.78, 5) is 2.36. The lowest BCUT2D eigenvalue weighted by Gasteiger charge is -2.36. The van der Waals surface area contributed by atoms with E-state index in [-0.39, 0.29) is 18.4 Å². The first-order chi connectivity index (χ1) is 8.82. The van der Waals surface area contributed by atoms with Crippen LogP contribution in [0.1, 0.15) is 27.2 Å². The minimum absolute atomic E-state index is 0.0284. The van der Waals surface area contributed by atoms with Crippen LogP contribution in [-0.2, 0) is 14.8 Å². The summed E-state index contributed by atoms with van der Waals surface area (Å²) in [6, 6.07) is -0.0562. The SMILES string of the molecule is COCCS(=O)(=O)N[C@H](C)CN1C[C@@H](C)C[C@H](C)C1. The topological polar surface area (TPSA) is 58.6 Å². The fraction of sp³-hybridized carbons (Fsp3) is 1.00. The van der Waals surface area contributed by atoms with Crippen molar-refractivity contribution in [3.63, 3.8) is 0 Å². The van der Waals surface area contributed by atoms with E-state index in [2.05, 4.69) is 23.5 Å². The molecule has 0 aliphatic carbocycles. The number of nitrogens with one attached hydrogen (secondary N) is 1. The zero-order chi connectivity index (χ0) is 14.5. The summed E-state index contributed by atoms with van der Waals surface area (Å²) < 4.78 is 31.0. The molecule has 5 nitrogen and oxygen atoms in total. The van der Waals surface area contributed by atoms with E-state index in [4.69, 9.17) is 4.74 Å². The van der Waals surface area contributed by atoms with Gasteiger partial charge in [0.25, 0.3) is 0 Å².